The minimum Gasteiger partial charge on any atom is -0.434 e. The van der Waals surface area contributed by atoms with Gasteiger partial charge in [0, 0.05) is 49.9 Å². The molecule has 2 aliphatic heterocycles. The fourth-order valence-electron chi connectivity index (χ4n) is 5.13. The van der Waals surface area contributed by atoms with Gasteiger partial charge in [-0.2, -0.15) is 8.78 Å². The van der Waals surface area contributed by atoms with Crippen LogP contribution in [-0.2, 0) is 6.42 Å². The van der Waals surface area contributed by atoms with Crippen LogP contribution in [0.3, 0.4) is 0 Å². The topological polar surface area (TPSA) is 55.2 Å². The summed E-state index contributed by atoms with van der Waals surface area (Å²) in [5.74, 6) is 2.18. The Morgan fingerprint density at radius 1 is 1.00 bits per heavy atom. The summed E-state index contributed by atoms with van der Waals surface area (Å²) in [6.07, 6.45) is 3.51. The zero-order chi connectivity index (χ0) is 23.1. The highest BCUT2D eigenvalue weighted by molar-refractivity contribution is 5.83. The summed E-state index contributed by atoms with van der Waals surface area (Å²) < 4.78 is 33.0. The van der Waals surface area contributed by atoms with Crippen molar-refractivity contribution in [3.63, 3.8) is 0 Å². The van der Waals surface area contributed by atoms with Gasteiger partial charge in [-0.05, 0) is 42.3 Å². The van der Waals surface area contributed by atoms with E-state index in [1.165, 1.54) is 0 Å². The number of nitrogens with one attached hydrogen (secondary N) is 1. The standard InChI is InChI=1S/C26H25F2N5O/c27-26(28)34-23-4-2-1-3-19(23)21-8-10-25-31-20-7-5-17(15-22(20)33(21)25)18-6-9-24(30-16-18)32-13-11-29-12-14-32/h1-7,9,15-16,21,26,29H,8,10-14H2. The average Bonchev–Trinajstić information content (AvgIpc) is 3.44. The van der Waals surface area contributed by atoms with E-state index in [2.05, 4.69) is 39.0 Å². The summed E-state index contributed by atoms with van der Waals surface area (Å²) in [7, 11) is 0. The number of benzene rings is 2. The van der Waals surface area contributed by atoms with Gasteiger partial charge in [0.1, 0.15) is 17.4 Å². The first-order valence-electron chi connectivity index (χ1n) is 11.6. The summed E-state index contributed by atoms with van der Waals surface area (Å²) in [4.78, 5) is 11.8. The van der Waals surface area contributed by atoms with Crippen molar-refractivity contribution in [1.29, 1.82) is 0 Å². The zero-order valence-electron chi connectivity index (χ0n) is 18.6. The Kier molecular flexibility index (Phi) is 5.37. The van der Waals surface area contributed by atoms with E-state index in [-0.39, 0.29) is 11.8 Å². The molecule has 1 N–H and O–H groups in total. The molecular formula is C26H25F2N5O. The molecule has 4 aromatic rings. The fraction of sp³-hybridized carbons (Fsp3) is 0.308. The molecule has 0 saturated carbocycles. The number of rotatable bonds is 5. The van der Waals surface area contributed by atoms with E-state index in [0.717, 1.165) is 78.4 Å². The largest absolute Gasteiger partial charge is 0.434 e. The van der Waals surface area contributed by atoms with Crippen LogP contribution in [0, 0.1) is 0 Å². The molecule has 0 spiro atoms. The van der Waals surface area contributed by atoms with Crippen LogP contribution in [0.1, 0.15) is 23.9 Å². The van der Waals surface area contributed by atoms with Gasteiger partial charge in [0.05, 0.1) is 17.1 Å². The van der Waals surface area contributed by atoms with Gasteiger partial charge >= 0.3 is 6.61 Å². The Morgan fingerprint density at radius 2 is 1.82 bits per heavy atom. The molecule has 1 fully saturated rings. The molecule has 1 atom stereocenters. The molecule has 1 unspecified atom stereocenters. The Hall–Kier alpha value is -3.52. The number of anilines is 1. The number of pyridine rings is 1. The van der Waals surface area contributed by atoms with Crippen molar-refractivity contribution < 1.29 is 13.5 Å². The number of nitrogens with zero attached hydrogens (tertiary/aromatic N) is 4. The number of para-hydroxylation sites is 1. The van der Waals surface area contributed by atoms with Crippen LogP contribution in [-0.4, -0.2) is 47.3 Å². The number of halogens is 2. The van der Waals surface area contributed by atoms with Gasteiger partial charge < -0.3 is 19.5 Å². The Bertz CT molecular complexity index is 1310. The number of imidazole rings is 1. The molecule has 2 aliphatic rings. The van der Waals surface area contributed by atoms with Crippen LogP contribution in [0.25, 0.3) is 22.2 Å². The van der Waals surface area contributed by atoms with Crippen LogP contribution in [0.4, 0.5) is 14.6 Å². The second-order valence-electron chi connectivity index (χ2n) is 8.71. The first-order valence-corrected chi connectivity index (χ1v) is 11.6. The van der Waals surface area contributed by atoms with Crippen molar-refractivity contribution in [2.45, 2.75) is 25.5 Å². The first-order chi connectivity index (χ1) is 16.7. The number of fused-ring (bicyclic) bond motifs is 3. The van der Waals surface area contributed by atoms with E-state index in [0.29, 0.717) is 0 Å². The van der Waals surface area contributed by atoms with Gasteiger partial charge in [-0.15, -0.1) is 0 Å². The molecule has 8 heteroatoms. The normalized spacial score (nSPS) is 18.0. The highest BCUT2D eigenvalue weighted by atomic mass is 19.3. The Balaban J connectivity index is 1.36. The number of aryl methyl sites for hydroxylation is 1. The molecule has 0 amide bonds. The van der Waals surface area contributed by atoms with Crippen molar-refractivity contribution in [1.82, 2.24) is 19.9 Å². The molecular weight excluding hydrogens is 436 g/mol. The molecule has 4 heterocycles. The monoisotopic (exact) mass is 461 g/mol. The van der Waals surface area contributed by atoms with Gasteiger partial charge in [0.15, 0.2) is 0 Å². The zero-order valence-corrected chi connectivity index (χ0v) is 18.6. The highest BCUT2D eigenvalue weighted by Crippen LogP contribution is 2.40. The van der Waals surface area contributed by atoms with Crippen LogP contribution in [0.2, 0.25) is 0 Å². The SMILES string of the molecule is FC(F)Oc1ccccc1C1CCc2nc3ccc(-c4ccc(N5CCNCC5)nc4)cc3n21. The van der Waals surface area contributed by atoms with E-state index in [4.69, 9.17) is 14.7 Å². The lowest BCUT2D eigenvalue weighted by Crippen LogP contribution is -2.43. The fourth-order valence-corrected chi connectivity index (χ4v) is 5.13. The number of aromatic nitrogens is 3. The van der Waals surface area contributed by atoms with E-state index in [1.54, 1.807) is 12.1 Å². The van der Waals surface area contributed by atoms with E-state index in [1.807, 2.05) is 24.4 Å². The lowest BCUT2D eigenvalue weighted by atomic mass is 10.0. The molecule has 0 bridgehead atoms. The summed E-state index contributed by atoms with van der Waals surface area (Å²) in [5.41, 5.74) is 4.74. The van der Waals surface area contributed by atoms with Crippen LogP contribution in [0.15, 0.2) is 60.8 Å². The molecule has 34 heavy (non-hydrogen) atoms. The minimum atomic E-state index is -2.86. The highest BCUT2D eigenvalue weighted by Gasteiger charge is 2.29. The van der Waals surface area contributed by atoms with Crippen molar-refractivity contribution in [3.05, 3.63) is 72.2 Å². The third kappa shape index (κ3) is 3.77. The number of alkyl halides is 2. The molecule has 2 aromatic carbocycles. The van der Waals surface area contributed by atoms with E-state index in [9.17, 15) is 8.78 Å². The predicted octanol–water partition coefficient (Wildman–Crippen LogP) is 4.64. The van der Waals surface area contributed by atoms with E-state index >= 15 is 0 Å². The van der Waals surface area contributed by atoms with Gasteiger partial charge in [-0.1, -0.05) is 24.3 Å². The molecule has 6 nitrogen and oxygen atoms in total. The maximum Gasteiger partial charge on any atom is 0.387 e. The van der Waals surface area contributed by atoms with Gasteiger partial charge in [0.2, 0.25) is 0 Å². The van der Waals surface area contributed by atoms with Gasteiger partial charge in [0.25, 0.3) is 0 Å². The third-order valence-corrected chi connectivity index (χ3v) is 6.73. The molecule has 0 aliphatic carbocycles. The Labute approximate surface area is 196 Å². The van der Waals surface area contributed by atoms with Crippen molar-refractivity contribution in [3.8, 4) is 16.9 Å². The van der Waals surface area contributed by atoms with Gasteiger partial charge in [-0.25, -0.2) is 9.97 Å². The van der Waals surface area contributed by atoms with Crippen molar-refractivity contribution in [2.75, 3.05) is 31.1 Å². The number of hydrogen-bond donors (Lipinski definition) is 1. The second-order valence-corrected chi connectivity index (χ2v) is 8.71. The number of ether oxygens (including phenoxy) is 1. The predicted molar refractivity (Wildman–Crippen MR) is 128 cm³/mol. The van der Waals surface area contributed by atoms with Crippen LogP contribution < -0.4 is 15.0 Å². The molecule has 1 saturated heterocycles. The minimum absolute atomic E-state index is 0.0987. The van der Waals surface area contributed by atoms with Gasteiger partial charge in [-0.3, -0.25) is 0 Å². The number of piperazine rings is 1. The molecule has 174 valence electrons. The summed E-state index contributed by atoms with van der Waals surface area (Å²) in [5, 5.41) is 3.36. The quantitative estimate of drug-likeness (QED) is 0.469. The Morgan fingerprint density at radius 3 is 2.62 bits per heavy atom. The lowest BCUT2D eigenvalue weighted by Gasteiger charge is -2.28. The average molecular weight is 462 g/mol. The first kappa shape index (κ1) is 21.0. The summed E-state index contributed by atoms with van der Waals surface area (Å²) >= 11 is 0. The van der Waals surface area contributed by atoms with Crippen molar-refractivity contribution >= 4 is 16.9 Å². The summed E-state index contributed by atoms with van der Waals surface area (Å²) in [6.45, 7) is 0.999. The second kappa shape index (κ2) is 8.68. The molecule has 6 rings (SSSR count). The smallest absolute Gasteiger partial charge is 0.387 e. The summed E-state index contributed by atoms with van der Waals surface area (Å²) in [6, 6.07) is 17.4. The lowest BCUT2D eigenvalue weighted by molar-refractivity contribution is -0.0506. The maximum absolute atomic E-state index is 13.0. The van der Waals surface area contributed by atoms with E-state index < -0.39 is 6.61 Å². The maximum atomic E-state index is 13.0. The van der Waals surface area contributed by atoms with Crippen LogP contribution in [0.5, 0.6) is 5.75 Å². The van der Waals surface area contributed by atoms with Crippen molar-refractivity contribution in [2.24, 2.45) is 0 Å². The molecule has 0 radical (unpaired) electrons. The molecule has 2 aromatic heterocycles. The van der Waals surface area contributed by atoms with Crippen LogP contribution >= 0.6 is 0 Å². The number of hydrogen-bond acceptors (Lipinski definition) is 5. The third-order valence-electron chi connectivity index (χ3n) is 6.73.